The second kappa shape index (κ2) is 4.25. The van der Waals surface area contributed by atoms with Crippen molar-refractivity contribution in [2.45, 2.75) is 25.7 Å². The first-order chi connectivity index (χ1) is 9.28. The van der Waals surface area contributed by atoms with E-state index in [2.05, 4.69) is 16.8 Å². The first kappa shape index (κ1) is 11.8. The van der Waals surface area contributed by atoms with Crippen LogP contribution >= 0.6 is 11.6 Å². The molecule has 0 aromatic carbocycles. The Bertz CT molecular complexity index is 488. The third kappa shape index (κ3) is 1.98. The van der Waals surface area contributed by atoms with Gasteiger partial charge in [-0.05, 0) is 37.5 Å². The van der Waals surface area contributed by atoms with Crippen molar-refractivity contribution in [3.8, 4) is 0 Å². The molecule has 0 radical (unpaired) electrons. The quantitative estimate of drug-likeness (QED) is 0.828. The average molecular weight is 279 g/mol. The smallest absolute Gasteiger partial charge is 0.165 e. The molecule has 102 valence electrons. The van der Waals surface area contributed by atoms with Crippen LogP contribution < -0.4 is 10.7 Å². The van der Waals surface area contributed by atoms with E-state index in [1.165, 1.54) is 31.4 Å². The molecular weight excluding hydrogens is 260 g/mol. The molecule has 4 nitrogen and oxygen atoms in total. The maximum absolute atomic E-state index is 6.28. The van der Waals surface area contributed by atoms with Crippen LogP contribution in [0.3, 0.4) is 0 Å². The zero-order valence-electron chi connectivity index (χ0n) is 11.1. The van der Waals surface area contributed by atoms with Crippen molar-refractivity contribution in [1.82, 2.24) is 15.8 Å². The predicted molar refractivity (Wildman–Crippen MR) is 76.2 cm³/mol. The lowest BCUT2D eigenvalue weighted by Crippen LogP contribution is -2.39. The Labute approximate surface area is 118 Å². The lowest BCUT2D eigenvalue weighted by molar-refractivity contribution is 0.327. The van der Waals surface area contributed by atoms with E-state index in [4.69, 9.17) is 16.6 Å². The second-order valence-electron chi connectivity index (χ2n) is 5.92. The number of hydrazine groups is 1. The molecule has 0 unspecified atom stereocenters. The number of aliphatic imine (C=N–C) groups is 1. The van der Waals surface area contributed by atoms with Crippen LogP contribution in [0.15, 0.2) is 27.7 Å². The number of fused-ring (bicyclic) bond motifs is 1. The lowest BCUT2D eigenvalue weighted by Gasteiger charge is -2.29. The van der Waals surface area contributed by atoms with Gasteiger partial charge in [0.25, 0.3) is 0 Å². The van der Waals surface area contributed by atoms with Gasteiger partial charge in [-0.2, -0.15) is 0 Å². The van der Waals surface area contributed by atoms with Crippen LogP contribution in [0.5, 0.6) is 0 Å². The van der Waals surface area contributed by atoms with Gasteiger partial charge in [0.15, 0.2) is 5.82 Å². The lowest BCUT2D eigenvalue weighted by atomic mass is 9.91. The number of allylic oxidation sites excluding steroid dienone is 1. The minimum absolute atomic E-state index is 0.656. The van der Waals surface area contributed by atoms with Crippen LogP contribution in [-0.4, -0.2) is 24.3 Å². The van der Waals surface area contributed by atoms with Crippen molar-refractivity contribution in [1.29, 1.82) is 0 Å². The topological polar surface area (TPSA) is 39.7 Å². The maximum atomic E-state index is 6.28. The molecule has 4 aliphatic rings. The summed E-state index contributed by atoms with van der Waals surface area (Å²) in [4.78, 5) is 4.86. The normalized spacial score (nSPS) is 26.6. The summed E-state index contributed by atoms with van der Waals surface area (Å²) < 4.78 is 0. The highest BCUT2D eigenvalue weighted by Gasteiger charge is 2.45. The molecule has 2 aliphatic carbocycles. The fourth-order valence-corrected chi connectivity index (χ4v) is 3.41. The molecule has 0 spiro atoms. The van der Waals surface area contributed by atoms with Crippen molar-refractivity contribution in [3.63, 3.8) is 0 Å². The molecule has 5 heteroatoms. The molecule has 2 saturated carbocycles. The molecule has 0 aromatic rings. The minimum atomic E-state index is 0.656. The summed E-state index contributed by atoms with van der Waals surface area (Å²) in [5, 5.41) is 6.02. The molecule has 0 bridgehead atoms. The van der Waals surface area contributed by atoms with Crippen molar-refractivity contribution in [3.05, 3.63) is 22.8 Å². The van der Waals surface area contributed by atoms with Crippen molar-refractivity contribution in [2.24, 2.45) is 22.7 Å². The first-order valence-electron chi connectivity index (χ1n) is 7.18. The Morgan fingerprint density at radius 2 is 2.05 bits per heavy atom. The summed E-state index contributed by atoms with van der Waals surface area (Å²) in [5.41, 5.74) is 4.49. The Morgan fingerprint density at radius 3 is 2.63 bits per heavy atom. The van der Waals surface area contributed by atoms with Gasteiger partial charge in [0, 0.05) is 19.0 Å². The van der Waals surface area contributed by atoms with Gasteiger partial charge in [0.1, 0.15) is 5.82 Å². The largest absolute Gasteiger partial charge is 0.373 e. The van der Waals surface area contributed by atoms with E-state index >= 15 is 0 Å². The third-order valence-corrected chi connectivity index (χ3v) is 4.77. The van der Waals surface area contributed by atoms with Crippen molar-refractivity contribution < 1.29 is 0 Å². The van der Waals surface area contributed by atoms with Crippen LogP contribution in [0.2, 0.25) is 0 Å². The standard InChI is InChI=1S/C14H19ClN4/c1-16-12-6-11(13(8-2-3-8)9-4-5-9)18-14-10(15)7-17-19(12)14/h6,8-9,13,16-17H,2-5,7H2,1H3. The zero-order chi connectivity index (χ0) is 13.0. The highest BCUT2D eigenvalue weighted by Crippen LogP contribution is 2.50. The fraction of sp³-hybridized carbons (Fsp3) is 0.643. The molecular formula is C14H19ClN4. The van der Waals surface area contributed by atoms with E-state index < -0.39 is 0 Å². The number of rotatable bonds is 4. The molecule has 0 saturated heterocycles. The van der Waals surface area contributed by atoms with Gasteiger partial charge in [0.2, 0.25) is 0 Å². The minimum Gasteiger partial charge on any atom is -0.373 e. The van der Waals surface area contributed by atoms with Gasteiger partial charge in [-0.1, -0.05) is 11.6 Å². The van der Waals surface area contributed by atoms with Gasteiger partial charge in [0.05, 0.1) is 17.3 Å². The molecule has 2 heterocycles. The van der Waals surface area contributed by atoms with Gasteiger partial charge in [-0.15, -0.1) is 0 Å². The summed E-state index contributed by atoms with van der Waals surface area (Å²) in [7, 11) is 1.95. The van der Waals surface area contributed by atoms with E-state index in [0.717, 1.165) is 28.5 Å². The van der Waals surface area contributed by atoms with Crippen LogP contribution in [-0.2, 0) is 0 Å². The number of hydrogen-bond acceptors (Lipinski definition) is 4. The van der Waals surface area contributed by atoms with Crippen LogP contribution in [0.25, 0.3) is 0 Å². The fourth-order valence-electron chi connectivity index (χ4n) is 3.23. The number of nitrogens with zero attached hydrogens (tertiary/aromatic N) is 2. The first-order valence-corrected chi connectivity index (χ1v) is 7.56. The zero-order valence-corrected chi connectivity index (χ0v) is 11.9. The van der Waals surface area contributed by atoms with Crippen LogP contribution in [0.1, 0.15) is 25.7 Å². The summed E-state index contributed by atoms with van der Waals surface area (Å²) in [5.74, 6) is 4.32. The highest BCUT2D eigenvalue weighted by molar-refractivity contribution is 6.30. The third-order valence-electron chi connectivity index (χ3n) is 4.46. The summed E-state index contributed by atoms with van der Waals surface area (Å²) in [6.07, 6.45) is 7.69. The monoisotopic (exact) mass is 278 g/mol. The van der Waals surface area contributed by atoms with Crippen molar-refractivity contribution in [2.75, 3.05) is 13.6 Å². The predicted octanol–water partition coefficient (Wildman–Crippen LogP) is 2.17. The Hall–Kier alpha value is -1.00. The van der Waals surface area contributed by atoms with Crippen LogP contribution in [0, 0.1) is 17.8 Å². The van der Waals surface area contributed by atoms with E-state index in [-0.39, 0.29) is 0 Å². The average Bonchev–Trinajstić information content (AvgIpc) is 3.32. The van der Waals surface area contributed by atoms with Gasteiger partial charge < -0.3 is 5.32 Å². The van der Waals surface area contributed by atoms with E-state index in [1.807, 2.05) is 12.1 Å². The molecule has 2 aliphatic heterocycles. The molecule has 19 heavy (non-hydrogen) atoms. The van der Waals surface area contributed by atoms with Crippen LogP contribution in [0.4, 0.5) is 0 Å². The number of halogens is 1. The Balaban J connectivity index is 1.72. The molecule has 0 atom stereocenters. The molecule has 0 amide bonds. The van der Waals surface area contributed by atoms with Gasteiger partial charge in [-0.3, -0.25) is 0 Å². The molecule has 2 N–H and O–H groups in total. The number of hydrogen-bond donors (Lipinski definition) is 2. The highest BCUT2D eigenvalue weighted by atomic mass is 35.5. The van der Waals surface area contributed by atoms with E-state index in [9.17, 15) is 0 Å². The van der Waals surface area contributed by atoms with E-state index in [1.54, 1.807) is 0 Å². The molecule has 2 fully saturated rings. The molecule has 0 aromatic heterocycles. The van der Waals surface area contributed by atoms with E-state index in [0.29, 0.717) is 12.5 Å². The second-order valence-corrected chi connectivity index (χ2v) is 6.37. The SMILES string of the molecule is CNC1=CC(C(C2CC2)C2CC2)=NC2=C(Cl)CNN12. The van der Waals surface area contributed by atoms with Gasteiger partial charge in [-0.25, -0.2) is 15.4 Å². The Kier molecular flexibility index (Phi) is 2.64. The molecule has 4 rings (SSSR count). The van der Waals surface area contributed by atoms with Gasteiger partial charge >= 0.3 is 0 Å². The Morgan fingerprint density at radius 1 is 1.37 bits per heavy atom. The summed E-state index contributed by atoms with van der Waals surface area (Å²) >= 11 is 6.28. The maximum Gasteiger partial charge on any atom is 0.165 e. The summed E-state index contributed by atoms with van der Waals surface area (Å²) in [6.45, 7) is 0.671. The number of nitrogens with one attached hydrogen (secondary N) is 2. The summed E-state index contributed by atoms with van der Waals surface area (Å²) in [6, 6.07) is 0. The van der Waals surface area contributed by atoms with Crippen molar-refractivity contribution >= 4 is 17.3 Å².